The van der Waals surface area contributed by atoms with Crippen molar-refractivity contribution in [1.29, 1.82) is 0 Å². The van der Waals surface area contributed by atoms with E-state index < -0.39 is 33.7 Å². The zero-order valence-electron chi connectivity index (χ0n) is 19.8. The van der Waals surface area contributed by atoms with Gasteiger partial charge < -0.3 is 10.2 Å². The minimum absolute atomic E-state index is 0.0603. The molecule has 4 rings (SSSR count). The molecule has 1 aliphatic carbocycles. The van der Waals surface area contributed by atoms with Crippen molar-refractivity contribution in [3.05, 3.63) is 35.4 Å². The largest absolute Gasteiger partial charge is 0.416 e. The summed E-state index contributed by atoms with van der Waals surface area (Å²) in [5.41, 5.74) is -0.226. The molecule has 2 heterocycles. The zero-order valence-corrected chi connectivity index (χ0v) is 20.6. The second kappa shape index (κ2) is 10.1. The minimum Gasteiger partial charge on any atom is -0.350 e. The molecule has 194 valence electrons. The van der Waals surface area contributed by atoms with Gasteiger partial charge in [-0.05, 0) is 62.1 Å². The van der Waals surface area contributed by atoms with Gasteiger partial charge in [-0.25, -0.2) is 12.7 Å². The van der Waals surface area contributed by atoms with E-state index in [1.165, 1.54) is 16.4 Å². The van der Waals surface area contributed by atoms with Crippen molar-refractivity contribution >= 4 is 21.8 Å². The molecule has 3 aliphatic rings. The first-order valence-electron chi connectivity index (χ1n) is 12.2. The van der Waals surface area contributed by atoms with Gasteiger partial charge >= 0.3 is 6.18 Å². The van der Waals surface area contributed by atoms with Gasteiger partial charge in [-0.15, -0.1) is 0 Å². The maximum Gasteiger partial charge on any atom is 0.416 e. The van der Waals surface area contributed by atoms with E-state index >= 15 is 0 Å². The Morgan fingerprint density at radius 3 is 2.34 bits per heavy atom. The van der Waals surface area contributed by atoms with Crippen LogP contribution in [-0.2, 0) is 32.3 Å². The molecule has 2 aliphatic heterocycles. The van der Waals surface area contributed by atoms with Gasteiger partial charge in [-0.1, -0.05) is 19.1 Å². The molecule has 1 aromatic carbocycles. The van der Waals surface area contributed by atoms with Crippen molar-refractivity contribution in [2.75, 3.05) is 19.6 Å². The summed E-state index contributed by atoms with van der Waals surface area (Å²) in [6.07, 6.45) is -0.747. The Hall–Kier alpha value is -2.14. The first kappa shape index (κ1) is 25.9. The molecule has 1 aromatic rings. The van der Waals surface area contributed by atoms with Crippen LogP contribution in [-0.4, -0.2) is 60.4 Å². The van der Waals surface area contributed by atoms with Crippen molar-refractivity contribution in [1.82, 2.24) is 14.5 Å². The number of sulfonamides is 1. The van der Waals surface area contributed by atoms with Gasteiger partial charge in [-0.3, -0.25) is 9.59 Å². The van der Waals surface area contributed by atoms with Crippen LogP contribution in [0, 0.1) is 11.8 Å². The van der Waals surface area contributed by atoms with Crippen LogP contribution in [0.15, 0.2) is 24.3 Å². The number of benzene rings is 1. The molecule has 2 saturated heterocycles. The van der Waals surface area contributed by atoms with Crippen LogP contribution in [0.25, 0.3) is 0 Å². The Bertz CT molecular complexity index is 1040. The summed E-state index contributed by atoms with van der Waals surface area (Å²) < 4.78 is 65.6. The maximum atomic E-state index is 13.3. The Balaban J connectivity index is 1.34. The Morgan fingerprint density at radius 2 is 1.71 bits per heavy atom. The number of nitrogens with one attached hydrogen (secondary N) is 1. The minimum atomic E-state index is -4.42. The van der Waals surface area contributed by atoms with Crippen molar-refractivity contribution in [3.8, 4) is 0 Å². The number of nitrogens with zero attached hydrogens (tertiary/aromatic N) is 2. The third-order valence-electron chi connectivity index (χ3n) is 7.43. The first-order valence-corrected chi connectivity index (χ1v) is 13.7. The van der Waals surface area contributed by atoms with Gasteiger partial charge in [0, 0.05) is 26.2 Å². The summed E-state index contributed by atoms with van der Waals surface area (Å²) in [6.45, 7) is 3.10. The lowest BCUT2D eigenvalue weighted by atomic mass is 9.87. The highest BCUT2D eigenvalue weighted by Gasteiger charge is 2.44. The van der Waals surface area contributed by atoms with Crippen LogP contribution < -0.4 is 5.32 Å². The lowest BCUT2D eigenvalue weighted by Gasteiger charge is -2.40. The van der Waals surface area contributed by atoms with Crippen LogP contribution in [0.2, 0.25) is 0 Å². The molecule has 35 heavy (non-hydrogen) atoms. The third-order valence-corrected chi connectivity index (χ3v) is 9.71. The van der Waals surface area contributed by atoms with E-state index in [-0.39, 0.29) is 30.2 Å². The number of likely N-dealkylation sites (tertiary alicyclic amines) is 1. The smallest absolute Gasteiger partial charge is 0.350 e. The number of halogens is 3. The number of hydrogen-bond donors (Lipinski definition) is 1. The highest BCUT2D eigenvalue weighted by molar-refractivity contribution is 7.89. The fourth-order valence-electron chi connectivity index (χ4n) is 5.31. The fraction of sp³-hybridized carbons (Fsp3) is 0.667. The van der Waals surface area contributed by atoms with Crippen LogP contribution >= 0.6 is 0 Å². The van der Waals surface area contributed by atoms with E-state index in [4.69, 9.17) is 0 Å². The van der Waals surface area contributed by atoms with Gasteiger partial charge in [0.25, 0.3) is 0 Å². The average molecular weight is 516 g/mol. The van der Waals surface area contributed by atoms with Crippen molar-refractivity contribution in [2.45, 2.75) is 69.5 Å². The molecule has 2 amide bonds. The molecule has 2 atom stereocenters. The Kier molecular flexibility index (Phi) is 7.47. The molecule has 0 bridgehead atoms. The fourth-order valence-corrected chi connectivity index (χ4v) is 7.65. The normalized spacial score (nSPS) is 27.9. The topological polar surface area (TPSA) is 86.8 Å². The molecular formula is C24H32F3N3O4S. The van der Waals surface area contributed by atoms with E-state index in [0.29, 0.717) is 63.1 Å². The predicted octanol–water partition coefficient (Wildman–Crippen LogP) is 3.15. The lowest BCUT2D eigenvalue weighted by Crippen LogP contribution is -2.53. The highest BCUT2D eigenvalue weighted by atomic mass is 32.2. The molecule has 0 unspecified atom stereocenters. The molecule has 0 spiro atoms. The van der Waals surface area contributed by atoms with Crippen molar-refractivity contribution in [3.63, 3.8) is 0 Å². The summed E-state index contributed by atoms with van der Waals surface area (Å²) in [7, 11) is -3.42. The number of amides is 2. The summed E-state index contributed by atoms with van der Waals surface area (Å²) in [6, 6.07) is 3.93. The van der Waals surface area contributed by atoms with Crippen molar-refractivity contribution in [2.24, 2.45) is 11.8 Å². The van der Waals surface area contributed by atoms with Gasteiger partial charge in [-0.2, -0.15) is 13.2 Å². The van der Waals surface area contributed by atoms with E-state index in [1.54, 1.807) is 4.90 Å². The highest BCUT2D eigenvalue weighted by Crippen LogP contribution is 2.36. The number of carbonyl (C=O) groups excluding carboxylic acids is 2. The third kappa shape index (κ3) is 5.66. The molecule has 1 N–H and O–H groups in total. The molecule has 11 heteroatoms. The lowest BCUT2D eigenvalue weighted by molar-refractivity contribution is -0.142. The van der Waals surface area contributed by atoms with E-state index in [0.717, 1.165) is 12.1 Å². The number of rotatable bonds is 6. The van der Waals surface area contributed by atoms with E-state index in [1.807, 2.05) is 6.92 Å². The summed E-state index contributed by atoms with van der Waals surface area (Å²) >= 11 is 0. The number of alkyl halides is 3. The Labute approximate surface area is 204 Å². The monoisotopic (exact) mass is 515 g/mol. The van der Waals surface area contributed by atoms with Crippen LogP contribution in [0.3, 0.4) is 0 Å². The summed E-state index contributed by atoms with van der Waals surface area (Å²) in [4.78, 5) is 27.7. The average Bonchev–Trinajstić information content (AvgIpc) is 3.30. The van der Waals surface area contributed by atoms with Gasteiger partial charge in [0.15, 0.2) is 0 Å². The second-order valence-electron chi connectivity index (χ2n) is 10.0. The van der Waals surface area contributed by atoms with E-state index in [2.05, 4.69) is 5.32 Å². The summed E-state index contributed by atoms with van der Waals surface area (Å²) in [5.74, 6) is -0.610. The SMILES string of the molecule is C[C@H]1C[C@H](S(=O)(=O)N2CCC[C@H](C(=O)N3CCC[C@@H]3C(=O)NCc3ccc(C(F)(F)F)cc3)C2)C1. The number of hydrogen-bond acceptors (Lipinski definition) is 4. The predicted molar refractivity (Wildman–Crippen MR) is 123 cm³/mol. The molecule has 1 saturated carbocycles. The number of piperidine rings is 1. The second-order valence-corrected chi connectivity index (χ2v) is 12.3. The zero-order chi connectivity index (χ0) is 25.4. The molecular weight excluding hydrogens is 483 g/mol. The molecule has 3 fully saturated rings. The molecule has 0 aromatic heterocycles. The van der Waals surface area contributed by atoms with Gasteiger partial charge in [0.05, 0.1) is 16.7 Å². The quantitative estimate of drug-likeness (QED) is 0.631. The van der Waals surface area contributed by atoms with Crippen molar-refractivity contribution < 1.29 is 31.2 Å². The van der Waals surface area contributed by atoms with Gasteiger partial charge in [0.1, 0.15) is 6.04 Å². The summed E-state index contributed by atoms with van der Waals surface area (Å²) in [5, 5.41) is 2.37. The maximum absolute atomic E-state index is 13.3. The van der Waals surface area contributed by atoms with Gasteiger partial charge in [0.2, 0.25) is 21.8 Å². The molecule has 7 nitrogen and oxygen atoms in total. The number of carbonyl (C=O) groups is 2. The van der Waals surface area contributed by atoms with Crippen LogP contribution in [0.1, 0.15) is 56.6 Å². The van der Waals surface area contributed by atoms with Crippen LogP contribution in [0.4, 0.5) is 13.2 Å². The first-order chi connectivity index (χ1) is 16.5. The van der Waals surface area contributed by atoms with E-state index in [9.17, 15) is 31.2 Å². The molecule has 0 radical (unpaired) electrons. The standard InChI is InChI=1S/C24H32F3N3O4S/c1-16-12-20(13-16)35(33,34)29-10-2-4-18(15-29)23(32)30-11-3-5-21(30)22(31)28-14-17-6-8-19(9-7-17)24(25,26)27/h6-9,16,18,20-21H,2-5,10-15H2,1H3,(H,28,31)/t16-,18-,20-,21+/m0/s1. The Morgan fingerprint density at radius 1 is 1.06 bits per heavy atom. The van der Waals surface area contributed by atoms with Crippen LogP contribution in [0.5, 0.6) is 0 Å².